The molecule has 4 heteroatoms. The second-order valence-electron chi connectivity index (χ2n) is 3.92. The summed E-state index contributed by atoms with van der Waals surface area (Å²) >= 11 is 0. The van der Waals surface area contributed by atoms with Crippen molar-refractivity contribution in [3.8, 4) is 12.3 Å². The van der Waals surface area contributed by atoms with E-state index < -0.39 is 0 Å². The lowest BCUT2D eigenvalue weighted by atomic mass is 10.1. The molecule has 4 nitrogen and oxygen atoms in total. The second-order valence-corrected chi connectivity index (χ2v) is 3.92. The number of carbonyl (C=O) groups is 1. The van der Waals surface area contributed by atoms with Crippen LogP contribution in [-0.4, -0.2) is 38.3 Å². The molecule has 1 rings (SSSR count). The molecular weight excluding hydrogens is 204 g/mol. The number of hydrogen-bond donors (Lipinski definition) is 2. The molecule has 1 aliphatic heterocycles. The molecule has 0 spiro atoms. The summed E-state index contributed by atoms with van der Waals surface area (Å²) in [4.78, 5) is 11.3. The van der Waals surface area contributed by atoms with Crippen LogP contribution in [0, 0.1) is 12.3 Å². The Morgan fingerprint density at radius 2 is 2.25 bits per heavy atom. The Kier molecular flexibility index (Phi) is 6.62. The molecule has 90 valence electrons. The second kappa shape index (κ2) is 8.14. The van der Waals surface area contributed by atoms with E-state index in [4.69, 9.17) is 11.2 Å². The Morgan fingerprint density at radius 3 is 2.94 bits per heavy atom. The minimum atomic E-state index is -0.0458. The van der Waals surface area contributed by atoms with Gasteiger partial charge in [0.15, 0.2) is 0 Å². The molecule has 0 radical (unpaired) electrons. The fourth-order valence-corrected chi connectivity index (χ4v) is 1.62. The number of ether oxygens (including phenoxy) is 1. The fourth-order valence-electron chi connectivity index (χ4n) is 1.62. The van der Waals surface area contributed by atoms with Gasteiger partial charge in [-0.2, -0.15) is 0 Å². The third-order valence-electron chi connectivity index (χ3n) is 2.56. The Bertz CT molecular complexity index is 242. The number of nitrogens with one attached hydrogen (secondary N) is 2. The van der Waals surface area contributed by atoms with Crippen molar-refractivity contribution in [1.29, 1.82) is 0 Å². The molecule has 0 aromatic heterocycles. The Hall–Kier alpha value is -1.05. The predicted octanol–water partition coefficient (Wildman–Crippen LogP) is 0.285. The van der Waals surface area contributed by atoms with E-state index in [-0.39, 0.29) is 18.6 Å². The normalized spacial score (nSPS) is 16.7. The molecule has 0 aliphatic carbocycles. The highest BCUT2D eigenvalue weighted by atomic mass is 16.5. The summed E-state index contributed by atoms with van der Waals surface area (Å²) in [6, 6.07) is 0. The third-order valence-corrected chi connectivity index (χ3v) is 2.56. The van der Waals surface area contributed by atoms with Crippen molar-refractivity contribution in [3.05, 3.63) is 0 Å². The molecule has 0 atom stereocenters. The Labute approximate surface area is 97.1 Å². The summed E-state index contributed by atoms with van der Waals surface area (Å²) in [5.74, 6) is 2.49. The quantitative estimate of drug-likeness (QED) is 0.503. The SMILES string of the molecule is C#CCCCNC(=O)COC1CCNCC1. The summed E-state index contributed by atoms with van der Waals surface area (Å²) < 4.78 is 5.51. The van der Waals surface area contributed by atoms with Gasteiger partial charge >= 0.3 is 0 Å². The van der Waals surface area contributed by atoms with Crippen LogP contribution in [0.5, 0.6) is 0 Å². The number of piperidine rings is 1. The van der Waals surface area contributed by atoms with E-state index in [1.54, 1.807) is 0 Å². The Balaban J connectivity index is 1.99. The number of rotatable bonds is 6. The van der Waals surface area contributed by atoms with Crippen molar-refractivity contribution in [2.75, 3.05) is 26.2 Å². The maximum absolute atomic E-state index is 11.3. The number of terminal acetylenes is 1. The first-order valence-corrected chi connectivity index (χ1v) is 5.85. The van der Waals surface area contributed by atoms with E-state index in [2.05, 4.69) is 16.6 Å². The van der Waals surface area contributed by atoms with E-state index in [9.17, 15) is 4.79 Å². The van der Waals surface area contributed by atoms with Crippen molar-refractivity contribution in [2.24, 2.45) is 0 Å². The lowest BCUT2D eigenvalue weighted by Crippen LogP contribution is -2.36. The molecular formula is C12H20N2O2. The van der Waals surface area contributed by atoms with Crippen molar-refractivity contribution in [3.63, 3.8) is 0 Å². The molecule has 1 amide bonds. The maximum Gasteiger partial charge on any atom is 0.246 e. The summed E-state index contributed by atoms with van der Waals surface area (Å²) in [6.07, 6.45) is 8.86. The van der Waals surface area contributed by atoms with Crippen LogP contribution in [-0.2, 0) is 9.53 Å². The van der Waals surface area contributed by atoms with Gasteiger partial charge in [-0.25, -0.2) is 0 Å². The molecule has 1 fully saturated rings. The van der Waals surface area contributed by atoms with Crippen LogP contribution in [0.4, 0.5) is 0 Å². The summed E-state index contributed by atoms with van der Waals surface area (Å²) in [7, 11) is 0. The van der Waals surface area contributed by atoms with E-state index >= 15 is 0 Å². The van der Waals surface area contributed by atoms with Gasteiger partial charge in [-0.15, -0.1) is 12.3 Å². The fraction of sp³-hybridized carbons (Fsp3) is 0.750. The van der Waals surface area contributed by atoms with Gasteiger partial charge in [0, 0.05) is 13.0 Å². The molecule has 1 heterocycles. The third kappa shape index (κ3) is 5.74. The average molecular weight is 224 g/mol. The van der Waals surface area contributed by atoms with Crippen molar-refractivity contribution < 1.29 is 9.53 Å². The van der Waals surface area contributed by atoms with Gasteiger partial charge in [0.25, 0.3) is 0 Å². The first kappa shape index (κ1) is 13.0. The number of carbonyl (C=O) groups excluding carboxylic acids is 1. The number of unbranched alkanes of at least 4 members (excludes halogenated alkanes) is 1. The van der Waals surface area contributed by atoms with E-state index in [0.29, 0.717) is 13.0 Å². The Morgan fingerprint density at radius 1 is 1.50 bits per heavy atom. The number of hydrogen-bond acceptors (Lipinski definition) is 3. The van der Waals surface area contributed by atoms with E-state index in [0.717, 1.165) is 32.4 Å². The highest BCUT2D eigenvalue weighted by Crippen LogP contribution is 2.06. The van der Waals surface area contributed by atoms with Crippen molar-refractivity contribution in [2.45, 2.75) is 31.8 Å². The van der Waals surface area contributed by atoms with Gasteiger partial charge in [-0.1, -0.05) is 0 Å². The first-order valence-electron chi connectivity index (χ1n) is 5.85. The highest BCUT2D eigenvalue weighted by molar-refractivity contribution is 5.77. The average Bonchev–Trinajstić information content (AvgIpc) is 2.33. The largest absolute Gasteiger partial charge is 0.368 e. The zero-order valence-corrected chi connectivity index (χ0v) is 9.63. The van der Waals surface area contributed by atoms with Crippen LogP contribution in [0.25, 0.3) is 0 Å². The molecule has 16 heavy (non-hydrogen) atoms. The first-order chi connectivity index (χ1) is 7.83. The lowest BCUT2D eigenvalue weighted by molar-refractivity contribution is -0.128. The van der Waals surface area contributed by atoms with Crippen LogP contribution in [0.3, 0.4) is 0 Å². The zero-order chi connectivity index (χ0) is 11.6. The maximum atomic E-state index is 11.3. The van der Waals surface area contributed by atoms with Gasteiger partial charge < -0.3 is 15.4 Å². The molecule has 0 aromatic rings. The molecule has 0 bridgehead atoms. The summed E-state index contributed by atoms with van der Waals surface area (Å²) in [5, 5.41) is 6.03. The van der Waals surface area contributed by atoms with Gasteiger partial charge in [-0.3, -0.25) is 4.79 Å². The summed E-state index contributed by atoms with van der Waals surface area (Å²) in [6.45, 7) is 2.77. The summed E-state index contributed by atoms with van der Waals surface area (Å²) in [5.41, 5.74) is 0. The molecule has 1 saturated heterocycles. The zero-order valence-electron chi connectivity index (χ0n) is 9.63. The van der Waals surface area contributed by atoms with Crippen LogP contribution in [0.2, 0.25) is 0 Å². The van der Waals surface area contributed by atoms with Crippen LogP contribution < -0.4 is 10.6 Å². The highest BCUT2D eigenvalue weighted by Gasteiger charge is 2.14. The monoisotopic (exact) mass is 224 g/mol. The van der Waals surface area contributed by atoms with Gasteiger partial charge in [0.1, 0.15) is 6.61 Å². The lowest BCUT2D eigenvalue weighted by Gasteiger charge is -2.22. The van der Waals surface area contributed by atoms with Crippen molar-refractivity contribution >= 4 is 5.91 Å². The van der Waals surface area contributed by atoms with E-state index in [1.807, 2.05) is 0 Å². The molecule has 0 saturated carbocycles. The van der Waals surface area contributed by atoms with Crippen molar-refractivity contribution in [1.82, 2.24) is 10.6 Å². The van der Waals surface area contributed by atoms with Crippen LogP contribution in [0.1, 0.15) is 25.7 Å². The topological polar surface area (TPSA) is 50.4 Å². The van der Waals surface area contributed by atoms with Gasteiger partial charge in [0.2, 0.25) is 5.91 Å². The number of amides is 1. The molecule has 0 aromatic carbocycles. The smallest absolute Gasteiger partial charge is 0.246 e. The molecule has 2 N–H and O–H groups in total. The standard InChI is InChI=1S/C12H20N2O2/c1-2-3-4-7-14-12(15)10-16-11-5-8-13-9-6-11/h1,11,13H,3-10H2,(H,14,15). The predicted molar refractivity (Wildman–Crippen MR) is 62.9 cm³/mol. The van der Waals surface area contributed by atoms with Gasteiger partial charge in [0.05, 0.1) is 6.10 Å². The minimum absolute atomic E-state index is 0.0458. The van der Waals surface area contributed by atoms with Gasteiger partial charge in [-0.05, 0) is 32.4 Å². The molecule has 0 unspecified atom stereocenters. The minimum Gasteiger partial charge on any atom is -0.368 e. The van der Waals surface area contributed by atoms with E-state index in [1.165, 1.54) is 0 Å². The van der Waals surface area contributed by atoms with Crippen LogP contribution >= 0.6 is 0 Å². The van der Waals surface area contributed by atoms with Crippen LogP contribution in [0.15, 0.2) is 0 Å². The molecule has 1 aliphatic rings.